The molecule has 0 bridgehead atoms. The molecule has 124 valence electrons. The number of Topliss-reactive ketones (excluding diaryl/α,β-unsaturated/α-hetero) is 1. The first kappa shape index (κ1) is 16.7. The molecule has 1 heterocycles. The number of hydrogen-bond donors (Lipinski definition) is 1. The molecule has 1 unspecified atom stereocenters. The smallest absolute Gasteiger partial charge is 0.220 e. The molecule has 0 aliphatic carbocycles. The van der Waals surface area contributed by atoms with E-state index in [1.807, 2.05) is 42.5 Å². The van der Waals surface area contributed by atoms with Gasteiger partial charge in [-0.25, -0.2) is 0 Å². The second-order valence-corrected chi connectivity index (χ2v) is 6.77. The van der Waals surface area contributed by atoms with Gasteiger partial charge in [0, 0.05) is 30.8 Å². The normalized spacial score (nSPS) is 20.5. The van der Waals surface area contributed by atoms with Crippen molar-refractivity contribution in [1.82, 2.24) is 5.32 Å². The lowest BCUT2D eigenvalue weighted by atomic mass is 9.78. The highest BCUT2D eigenvalue weighted by molar-refractivity contribution is 6.30. The van der Waals surface area contributed by atoms with Gasteiger partial charge in [-0.3, -0.25) is 9.59 Å². The fourth-order valence-electron chi connectivity index (χ4n) is 3.32. The summed E-state index contributed by atoms with van der Waals surface area (Å²) in [6.45, 7) is 0.560. The van der Waals surface area contributed by atoms with Crippen LogP contribution < -0.4 is 5.32 Å². The molecule has 1 amide bonds. The maximum atomic E-state index is 12.5. The number of hydrogen-bond acceptors (Lipinski definition) is 2. The van der Waals surface area contributed by atoms with Crippen LogP contribution in [0.15, 0.2) is 54.6 Å². The van der Waals surface area contributed by atoms with Gasteiger partial charge in [0.05, 0.1) is 0 Å². The van der Waals surface area contributed by atoms with E-state index in [-0.39, 0.29) is 23.5 Å². The predicted octanol–water partition coefficient (Wildman–Crippen LogP) is 3.76. The molecule has 0 spiro atoms. The van der Waals surface area contributed by atoms with Crippen LogP contribution in [0.5, 0.6) is 0 Å². The topological polar surface area (TPSA) is 46.2 Å². The van der Waals surface area contributed by atoms with Crippen molar-refractivity contribution in [3.05, 3.63) is 70.7 Å². The Balaban J connectivity index is 1.68. The number of ketones is 1. The van der Waals surface area contributed by atoms with Crippen LogP contribution in [0.3, 0.4) is 0 Å². The Labute approximate surface area is 147 Å². The highest BCUT2D eigenvalue weighted by Gasteiger charge is 2.31. The molecule has 2 aromatic rings. The van der Waals surface area contributed by atoms with Crippen molar-refractivity contribution >= 4 is 23.3 Å². The average molecular weight is 342 g/mol. The summed E-state index contributed by atoms with van der Waals surface area (Å²) >= 11 is 5.88. The monoisotopic (exact) mass is 341 g/mol. The molecular formula is C20H20ClNO2. The van der Waals surface area contributed by atoms with E-state index in [9.17, 15) is 9.59 Å². The lowest BCUT2D eigenvalue weighted by Crippen LogP contribution is -2.40. The zero-order valence-corrected chi connectivity index (χ0v) is 14.1. The predicted molar refractivity (Wildman–Crippen MR) is 95.1 cm³/mol. The third-order valence-corrected chi connectivity index (χ3v) is 4.82. The van der Waals surface area contributed by atoms with E-state index in [1.165, 1.54) is 0 Å². The van der Waals surface area contributed by atoms with Gasteiger partial charge in [0.15, 0.2) is 0 Å². The average Bonchev–Trinajstić information content (AvgIpc) is 2.59. The van der Waals surface area contributed by atoms with Crippen molar-refractivity contribution in [1.29, 1.82) is 0 Å². The van der Waals surface area contributed by atoms with Gasteiger partial charge in [0.25, 0.3) is 0 Å². The van der Waals surface area contributed by atoms with Crippen LogP contribution in [0.1, 0.15) is 29.9 Å². The van der Waals surface area contributed by atoms with Gasteiger partial charge in [0.2, 0.25) is 5.91 Å². The summed E-state index contributed by atoms with van der Waals surface area (Å²) in [5.41, 5.74) is 2.11. The maximum absolute atomic E-state index is 12.5. The fourth-order valence-corrected chi connectivity index (χ4v) is 3.45. The third-order valence-electron chi connectivity index (χ3n) is 4.57. The van der Waals surface area contributed by atoms with E-state index in [2.05, 4.69) is 5.32 Å². The van der Waals surface area contributed by atoms with Crippen molar-refractivity contribution in [3.63, 3.8) is 0 Å². The zero-order valence-electron chi connectivity index (χ0n) is 13.4. The van der Waals surface area contributed by atoms with Crippen LogP contribution in [-0.4, -0.2) is 18.2 Å². The molecule has 2 aromatic carbocycles. The lowest BCUT2D eigenvalue weighted by molar-refractivity contribution is -0.125. The van der Waals surface area contributed by atoms with E-state index in [1.54, 1.807) is 12.1 Å². The molecule has 3 nitrogen and oxygen atoms in total. The number of halogens is 1. The molecule has 1 aliphatic heterocycles. The summed E-state index contributed by atoms with van der Waals surface area (Å²) in [7, 11) is 0. The van der Waals surface area contributed by atoms with Crippen LogP contribution in [0.4, 0.5) is 0 Å². The number of amides is 1. The van der Waals surface area contributed by atoms with Crippen molar-refractivity contribution in [2.75, 3.05) is 6.54 Å². The fraction of sp³-hybridized carbons (Fsp3) is 0.300. The van der Waals surface area contributed by atoms with Gasteiger partial charge < -0.3 is 5.32 Å². The summed E-state index contributed by atoms with van der Waals surface area (Å²) in [4.78, 5) is 24.3. The second kappa shape index (κ2) is 7.63. The molecule has 1 aliphatic rings. The Morgan fingerprint density at radius 1 is 1.08 bits per heavy atom. The Morgan fingerprint density at radius 2 is 1.79 bits per heavy atom. The Hall–Kier alpha value is -2.13. The number of carbonyl (C=O) groups excluding carboxylic acids is 2. The van der Waals surface area contributed by atoms with E-state index < -0.39 is 0 Å². The minimum absolute atomic E-state index is 0.0604. The molecule has 3 rings (SSSR count). The highest BCUT2D eigenvalue weighted by Crippen LogP contribution is 2.33. The molecule has 24 heavy (non-hydrogen) atoms. The number of carbonyl (C=O) groups is 2. The third kappa shape index (κ3) is 4.24. The van der Waals surface area contributed by atoms with Crippen LogP contribution >= 0.6 is 11.6 Å². The molecule has 1 fully saturated rings. The molecule has 2 atom stereocenters. The number of piperidine rings is 1. The second-order valence-electron chi connectivity index (χ2n) is 6.33. The van der Waals surface area contributed by atoms with Gasteiger partial charge in [-0.1, -0.05) is 54.1 Å². The standard InChI is InChI=1S/C20H20ClNO2/c21-17-8-6-14(7-9-17)10-18(23)11-16-13-22-20(24)12-19(16)15-4-2-1-3-5-15/h1-9,16,19H,10-13H2,(H,22,24)/t16-,19?/m1/s1. The van der Waals surface area contributed by atoms with Crippen LogP contribution in [0.25, 0.3) is 0 Å². The number of benzene rings is 2. The summed E-state index contributed by atoms with van der Waals surface area (Å²) in [5.74, 6) is 0.503. The van der Waals surface area contributed by atoms with Crippen molar-refractivity contribution in [2.45, 2.75) is 25.2 Å². The van der Waals surface area contributed by atoms with Gasteiger partial charge in [-0.15, -0.1) is 0 Å². The Bertz CT molecular complexity index is 712. The summed E-state index contributed by atoms with van der Waals surface area (Å²) in [5, 5.41) is 3.57. The minimum Gasteiger partial charge on any atom is -0.356 e. The minimum atomic E-state index is 0.0604. The van der Waals surface area contributed by atoms with E-state index >= 15 is 0 Å². The summed E-state index contributed by atoms with van der Waals surface area (Å²) in [6.07, 6.45) is 1.33. The lowest BCUT2D eigenvalue weighted by Gasteiger charge is -2.31. The zero-order chi connectivity index (χ0) is 16.9. The van der Waals surface area contributed by atoms with Crippen LogP contribution in [-0.2, 0) is 16.0 Å². The van der Waals surface area contributed by atoms with Crippen molar-refractivity contribution < 1.29 is 9.59 Å². The van der Waals surface area contributed by atoms with Gasteiger partial charge in [-0.2, -0.15) is 0 Å². The van der Waals surface area contributed by atoms with Crippen molar-refractivity contribution in [3.8, 4) is 0 Å². The van der Waals surface area contributed by atoms with E-state index in [0.717, 1.165) is 11.1 Å². The largest absolute Gasteiger partial charge is 0.356 e. The SMILES string of the molecule is O=C(Cc1ccc(Cl)cc1)C[C@@H]1CNC(=O)CC1c1ccccc1. The van der Waals surface area contributed by atoms with Crippen LogP contribution in [0, 0.1) is 5.92 Å². The molecule has 1 N–H and O–H groups in total. The molecular weight excluding hydrogens is 322 g/mol. The molecule has 1 saturated heterocycles. The van der Waals surface area contributed by atoms with E-state index in [4.69, 9.17) is 11.6 Å². The number of nitrogens with one attached hydrogen (secondary N) is 1. The first-order valence-corrected chi connectivity index (χ1v) is 8.57. The van der Waals surface area contributed by atoms with Gasteiger partial charge in [0.1, 0.15) is 5.78 Å². The van der Waals surface area contributed by atoms with Crippen LogP contribution in [0.2, 0.25) is 5.02 Å². The van der Waals surface area contributed by atoms with Gasteiger partial charge >= 0.3 is 0 Å². The first-order chi connectivity index (χ1) is 11.6. The Morgan fingerprint density at radius 3 is 2.50 bits per heavy atom. The highest BCUT2D eigenvalue weighted by atomic mass is 35.5. The quantitative estimate of drug-likeness (QED) is 0.900. The Kier molecular flexibility index (Phi) is 5.31. The molecule has 0 aromatic heterocycles. The summed E-state index contributed by atoms with van der Waals surface area (Å²) < 4.78 is 0. The van der Waals surface area contributed by atoms with Gasteiger partial charge in [-0.05, 0) is 35.1 Å². The maximum Gasteiger partial charge on any atom is 0.220 e. The van der Waals surface area contributed by atoms with E-state index in [0.29, 0.717) is 30.8 Å². The molecule has 0 radical (unpaired) electrons. The molecule has 0 saturated carbocycles. The molecule has 4 heteroatoms. The summed E-state index contributed by atoms with van der Waals surface area (Å²) in [6, 6.07) is 17.4. The first-order valence-electron chi connectivity index (χ1n) is 8.19. The van der Waals surface area contributed by atoms with Crippen molar-refractivity contribution in [2.24, 2.45) is 5.92 Å². The number of rotatable bonds is 5.